The molecule has 4 heteroatoms. The lowest BCUT2D eigenvalue weighted by Gasteiger charge is -2.18. The molecule has 0 spiro atoms. The molecule has 1 unspecified atom stereocenters. The topological polar surface area (TPSA) is 66.4 Å². The highest BCUT2D eigenvalue weighted by molar-refractivity contribution is 5.94. The zero-order valence-electron chi connectivity index (χ0n) is 8.99. The quantitative estimate of drug-likeness (QED) is 0.796. The Morgan fingerprint density at radius 2 is 2.19 bits per heavy atom. The second kappa shape index (κ2) is 3.96. The van der Waals surface area contributed by atoms with Crippen LogP contribution in [0, 0.1) is 0 Å². The van der Waals surface area contributed by atoms with Gasteiger partial charge >= 0.3 is 5.97 Å². The van der Waals surface area contributed by atoms with Crippen LogP contribution in [0.3, 0.4) is 0 Å². The molecule has 0 radical (unpaired) electrons. The maximum atomic E-state index is 11.2. The third-order valence-electron chi connectivity index (χ3n) is 2.90. The molecule has 1 atom stereocenters. The van der Waals surface area contributed by atoms with Gasteiger partial charge in [-0.3, -0.25) is 9.59 Å². The molecule has 1 aliphatic heterocycles. The van der Waals surface area contributed by atoms with E-state index in [1.54, 1.807) is 13.0 Å². The molecule has 0 aromatic heterocycles. The van der Waals surface area contributed by atoms with Gasteiger partial charge in [-0.25, -0.2) is 0 Å². The average molecular weight is 219 g/mol. The van der Waals surface area contributed by atoms with Crippen LogP contribution >= 0.6 is 0 Å². The fourth-order valence-electron chi connectivity index (χ4n) is 1.80. The number of carbonyl (C=O) groups is 2. The molecule has 1 aliphatic rings. The molecular formula is C12H13NO3. The number of hydrogen-bond donors (Lipinski definition) is 2. The molecule has 0 saturated heterocycles. The first-order valence-corrected chi connectivity index (χ1v) is 5.23. The first-order chi connectivity index (χ1) is 7.58. The van der Waals surface area contributed by atoms with Crippen molar-refractivity contribution >= 4 is 17.6 Å². The number of carboxylic acids is 1. The number of aryl methyl sites for hydroxylation is 1. The maximum Gasteiger partial charge on any atom is 0.310 e. The summed E-state index contributed by atoms with van der Waals surface area (Å²) in [6.07, 6.45) is 1.23. The Labute approximate surface area is 93.3 Å². The lowest BCUT2D eigenvalue weighted by molar-refractivity contribution is -0.138. The molecule has 1 aromatic rings. The van der Waals surface area contributed by atoms with Crippen molar-refractivity contribution in [2.45, 2.75) is 25.7 Å². The van der Waals surface area contributed by atoms with Crippen LogP contribution in [0.5, 0.6) is 0 Å². The van der Waals surface area contributed by atoms with Crippen LogP contribution < -0.4 is 5.32 Å². The molecule has 84 valence electrons. The van der Waals surface area contributed by atoms with Gasteiger partial charge in [-0.05, 0) is 30.5 Å². The van der Waals surface area contributed by atoms with Crippen LogP contribution in [-0.2, 0) is 16.0 Å². The second-order valence-electron chi connectivity index (χ2n) is 4.02. The van der Waals surface area contributed by atoms with E-state index in [1.165, 1.54) is 0 Å². The van der Waals surface area contributed by atoms with Gasteiger partial charge in [-0.2, -0.15) is 0 Å². The predicted molar refractivity (Wildman–Crippen MR) is 59.4 cm³/mol. The number of amides is 1. The van der Waals surface area contributed by atoms with E-state index in [0.717, 1.165) is 17.7 Å². The monoisotopic (exact) mass is 219 g/mol. The lowest BCUT2D eigenvalue weighted by Crippen LogP contribution is -2.19. The number of nitrogens with one attached hydrogen (secondary N) is 1. The van der Waals surface area contributed by atoms with Gasteiger partial charge in [-0.15, -0.1) is 0 Å². The van der Waals surface area contributed by atoms with Gasteiger partial charge in [-0.1, -0.05) is 12.1 Å². The number of rotatable bonds is 2. The van der Waals surface area contributed by atoms with Gasteiger partial charge in [0.25, 0.3) is 0 Å². The molecular weight excluding hydrogens is 206 g/mol. The summed E-state index contributed by atoms with van der Waals surface area (Å²) in [6.45, 7) is 1.63. The van der Waals surface area contributed by atoms with E-state index in [1.807, 2.05) is 12.1 Å². The highest BCUT2D eigenvalue weighted by Gasteiger charge is 2.18. The molecule has 1 amide bonds. The number of carboxylic acid groups (broad SMARTS) is 1. The smallest absolute Gasteiger partial charge is 0.310 e. The van der Waals surface area contributed by atoms with Crippen molar-refractivity contribution in [2.75, 3.05) is 5.32 Å². The Balaban J connectivity index is 2.34. The van der Waals surface area contributed by atoms with Crippen LogP contribution in [0.2, 0.25) is 0 Å². The number of benzene rings is 1. The van der Waals surface area contributed by atoms with Crippen LogP contribution in [0.25, 0.3) is 0 Å². The van der Waals surface area contributed by atoms with E-state index in [2.05, 4.69) is 5.32 Å². The Kier molecular flexibility index (Phi) is 2.64. The highest BCUT2D eigenvalue weighted by atomic mass is 16.4. The van der Waals surface area contributed by atoms with E-state index in [0.29, 0.717) is 12.0 Å². The predicted octanol–water partition coefficient (Wildman–Crippen LogP) is 1.76. The molecule has 0 aliphatic carbocycles. The van der Waals surface area contributed by atoms with E-state index >= 15 is 0 Å². The second-order valence-corrected chi connectivity index (χ2v) is 4.02. The summed E-state index contributed by atoms with van der Waals surface area (Å²) in [4.78, 5) is 22.1. The van der Waals surface area contributed by atoms with Gasteiger partial charge < -0.3 is 10.4 Å². The van der Waals surface area contributed by atoms with Crippen molar-refractivity contribution < 1.29 is 14.7 Å². The molecule has 16 heavy (non-hydrogen) atoms. The van der Waals surface area contributed by atoms with Crippen LogP contribution in [-0.4, -0.2) is 17.0 Å². The summed E-state index contributed by atoms with van der Waals surface area (Å²) in [7, 11) is 0. The Bertz CT molecular complexity index is 454. The number of hydrogen-bond acceptors (Lipinski definition) is 2. The van der Waals surface area contributed by atoms with Crippen molar-refractivity contribution in [3.63, 3.8) is 0 Å². The van der Waals surface area contributed by atoms with Crippen LogP contribution in [0.4, 0.5) is 5.69 Å². The van der Waals surface area contributed by atoms with Crippen LogP contribution in [0.1, 0.15) is 30.4 Å². The van der Waals surface area contributed by atoms with E-state index in [4.69, 9.17) is 5.11 Å². The van der Waals surface area contributed by atoms with Crippen LogP contribution in [0.15, 0.2) is 18.2 Å². The normalized spacial score (nSPS) is 16.2. The fourth-order valence-corrected chi connectivity index (χ4v) is 1.80. The third-order valence-corrected chi connectivity index (χ3v) is 2.90. The number of aliphatic carboxylic acids is 1. The van der Waals surface area contributed by atoms with Gasteiger partial charge in [0, 0.05) is 12.1 Å². The summed E-state index contributed by atoms with van der Waals surface area (Å²) in [5.41, 5.74) is 2.54. The van der Waals surface area contributed by atoms with Crippen molar-refractivity contribution in [1.82, 2.24) is 0 Å². The Morgan fingerprint density at radius 3 is 2.88 bits per heavy atom. The van der Waals surface area contributed by atoms with Gasteiger partial charge in [0.15, 0.2) is 0 Å². The van der Waals surface area contributed by atoms with Gasteiger partial charge in [0.1, 0.15) is 0 Å². The minimum atomic E-state index is -0.859. The minimum Gasteiger partial charge on any atom is -0.481 e. The summed E-state index contributed by atoms with van der Waals surface area (Å²) in [5, 5.41) is 11.7. The molecule has 2 rings (SSSR count). The van der Waals surface area contributed by atoms with Crippen molar-refractivity contribution in [3.05, 3.63) is 29.3 Å². The van der Waals surface area contributed by atoms with Gasteiger partial charge in [0.2, 0.25) is 5.91 Å². The Hall–Kier alpha value is -1.84. The molecule has 4 nitrogen and oxygen atoms in total. The summed E-state index contributed by atoms with van der Waals surface area (Å²) >= 11 is 0. The number of carbonyl (C=O) groups excluding carboxylic acids is 1. The van der Waals surface area contributed by atoms with E-state index < -0.39 is 11.9 Å². The number of fused-ring (bicyclic) bond motifs is 1. The molecule has 0 bridgehead atoms. The van der Waals surface area contributed by atoms with Crippen molar-refractivity contribution in [3.8, 4) is 0 Å². The summed E-state index contributed by atoms with van der Waals surface area (Å²) < 4.78 is 0. The molecule has 2 N–H and O–H groups in total. The average Bonchev–Trinajstić information content (AvgIpc) is 2.26. The third kappa shape index (κ3) is 1.91. The van der Waals surface area contributed by atoms with E-state index in [9.17, 15) is 9.59 Å². The molecule has 1 aromatic carbocycles. The molecule has 0 fully saturated rings. The fraction of sp³-hybridized carbons (Fsp3) is 0.333. The van der Waals surface area contributed by atoms with Gasteiger partial charge in [0.05, 0.1) is 5.92 Å². The largest absolute Gasteiger partial charge is 0.481 e. The zero-order chi connectivity index (χ0) is 11.7. The molecule has 1 heterocycles. The van der Waals surface area contributed by atoms with Crippen molar-refractivity contribution in [1.29, 1.82) is 0 Å². The lowest BCUT2D eigenvalue weighted by atomic mass is 9.95. The maximum absolute atomic E-state index is 11.2. The first-order valence-electron chi connectivity index (χ1n) is 5.23. The Morgan fingerprint density at radius 1 is 1.44 bits per heavy atom. The van der Waals surface area contributed by atoms with E-state index in [-0.39, 0.29) is 5.91 Å². The number of anilines is 1. The molecule has 0 saturated carbocycles. The van der Waals surface area contributed by atoms with Crippen molar-refractivity contribution in [2.24, 2.45) is 0 Å². The standard InChI is InChI=1S/C12H13NO3/c1-7(12(15)16)9-3-2-8-4-5-11(14)13-10(8)6-9/h2-3,6-7H,4-5H2,1H3,(H,13,14)(H,15,16). The highest BCUT2D eigenvalue weighted by Crippen LogP contribution is 2.27. The zero-order valence-corrected chi connectivity index (χ0v) is 8.99. The minimum absolute atomic E-state index is 0.00683. The summed E-state index contributed by atoms with van der Waals surface area (Å²) in [6, 6.07) is 5.46. The summed E-state index contributed by atoms with van der Waals surface area (Å²) in [5.74, 6) is -1.42. The SMILES string of the molecule is CC(C(=O)O)c1ccc2c(c1)NC(=O)CC2. The first kappa shape index (κ1) is 10.7.